The minimum Gasteiger partial charge on any atom is -0.365 e. The number of anilines is 1. The molecule has 1 aromatic heterocycles. The largest absolute Gasteiger partial charge is 0.365 e. The topological polar surface area (TPSA) is 70.7 Å². The number of hydrogen-bond donors (Lipinski definition) is 1. The average Bonchev–Trinajstić information content (AvgIpc) is 2.19. The summed E-state index contributed by atoms with van der Waals surface area (Å²) in [7, 11) is 1.67. The Hall–Kier alpha value is -1.83. The van der Waals surface area contributed by atoms with Crippen molar-refractivity contribution in [3.05, 3.63) is 22.7 Å². The third-order valence-electron chi connectivity index (χ3n) is 1.77. The molecule has 0 atom stereocenters. The monoisotopic (exact) mass is 192 g/mol. The van der Waals surface area contributed by atoms with E-state index < -0.39 is 0 Å². The van der Waals surface area contributed by atoms with Gasteiger partial charge in [0.05, 0.1) is 6.07 Å². The van der Waals surface area contributed by atoms with E-state index in [1.807, 2.05) is 6.07 Å². The number of rotatable bonds is 4. The zero-order valence-electron chi connectivity index (χ0n) is 8.03. The van der Waals surface area contributed by atoms with E-state index >= 15 is 0 Å². The Kier molecular flexibility index (Phi) is 3.68. The molecule has 0 radical (unpaired) electrons. The van der Waals surface area contributed by atoms with Crippen molar-refractivity contribution >= 4 is 5.82 Å². The normalized spacial score (nSPS) is 9.43. The number of nitriles is 1. The second-order valence-corrected chi connectivity index (χ2v) is 2.88. The van der Waals surface area contributed by atoms with Gasteiger partial charge in [-0.3, -0.25) is 4.79 Å². The van der Waals surface area contributed by atoms with Gasteiger partial charge in [0.1, 0.15) is 0 Å². The molecule has 0 saturated heterocycles. The van der Waals surface area contributed by atoms with E-state index in [9.17, 15) is 4.79 Å². The lowest BCUT2D eigenvalue weighted by Crippen LogP contribution is -2.22. The maximum absolute atomic E-state index is 11.4. The summed E-state index contributed by atoms with van der Waals surface area (Å²) in [6.45, 7) is 0.597. The third-order valence-corrected chi connectivity index (χ3v) is 1.77. The number of nitrogens with zero attached hydrogens (tertiary/aromatic N) is 3. The Labute approximate surface area is 82.0 Å². The summed E-state index contributed by atoms with van der Waals surface area (Å²) in [6.07, 6.45) is 4.37. The van der Waals surface area contributed by atoms with Gasteiger partial charge >= 0.3 is 0 Å². The Morgan fingerprint density at radius 2 is 2.50 bits per heavy atom. The van der Waals surface area contributed by atoms with Gasteiger partial charge in [-0.15, -0.1) is 0 Å². The second-order valence-electron chi connectivity index (χ2n) is 2.88. The molecule has 1 N–H and O–H groups in total. The molecule has 1 rings (SSSR count). The number of nitrogens with one attached hydrogen (secondary N) is 1. The number of aromatic nitrogens is 2. The van der Waals surface area contributed by atoms with Crippen LogP contribution in [-0.2, 0) is 7.05 Å². The van der Waals surface area contributed by atoms with Crippen LogP contribution in [0.4, 0.5) is 5.82 Å². The van der Waals surface area contributed by atoms with E-state index in [0.29, 0.717) is 18.8 Å². The third kappa shape index (κ3) is 2.59. The van der Waals surface area contributed by atoms with Gasteiger partial charge in [0.25, 0.3) is 5.56 Å². The molecule has 1 heterocycles. The summed E-state index contributed by atoms with van der Waals surface area (Å²) >= 11 is 0. The molecule has 5 nitrogen and oxygen atoms in total. The molecule has 0 spiro atoms. The summed E-state index contributed by atoms with van der Waals surface area (Å²) in [5.41, 5.74) is -0.149. The smallest absolute Gasteiger partial charge is 0.293 e. The van der Waals surface area contributed by atoms with E-state index in [1.165, 1.54) is 4.57 Å². The fourth-order valence-electron chi connectivity index (χ4n) is 0.993. The number of aryl methyl sites for hydroxylation is 1. The Morgan fingerprint density at radius 1 is 1.71 bits per heavy atom. The van der Waals surface area contributed by atoms with Crippen molar-refractivity contribution in [3.8, 4) is 6.07 Å². The Bertz CT molecular complexity index is 391. The first-order valence-corrected chi connectivity index (χ1v) is 4.38. The molecular weight excluding hydrogens is 180 g/mol. The fraction of sp³-hybridized carbons (Fsp3) is 0.444. The molecule has 1 aromatic rings. The number of unbranched alkanes of at least 4 members (excludes halogenated alkanes) is 1. The van der Waals surface area contributed by atoms with Crippen molar-refractivity contribution in [1.82, 2.24) is 9.55 Å². The highest BCUT2D eigenvalue weighted by Gasteiger charge is 1.99. The minimum absolute atomic E-state index is 0.149. The summed E-state index contributed by atoms with van der Waals surface area (Å²) in [5, 5.41) is 11.2. The molecule has 0 aliphatic rings. The van der Waals surface area contributed by atoms with Gasteiger partial charge in [-0.1, -0.05) is 0 Å². The van der Waals surface area contributed by atoms with Crippen molar-refractivity contribution in [1.29, 1.82) is 5.26 Å². The molecular formula is C9H12N4O. The molecule has 0 unspecified atom stereocenters. The molecule has 0 aliphatic heterocycles. The Balaban J connectivity index is 2.56. The van der Waals surface area contributed by atoms with Crippen LogP contribution in [0.25, 0.3) is 0 Å². The lowest BCUT2D eigenvalue weighted by Gasteiger charge is -2.03. The number of hydrogen-bond acceptors (Lipinski definition) is 4. The Morgan fingerprint density at radius 3 is 3.21 bits per heavy atom. The van der Waals surface area contributed by atoms with E-state index in [1.54, 1.807) is 19.4 Å². The standard InChI is InChI=1S/C9H12N4O/c1-13-7-6-12-8(9(13)14)11-5-3-2-4-10/h6-7H,2-3,5H2,1H3,(H,11,12). The molecule has 74 valence electrons. The highest BCUT2D eigenvalue weighted by molar-refractivity contribution is 5.30. The summed E-state index contributed by atoms with van der Waals surface area (Å²) in [4.78, 5) is 15.3. The van der Waals surface area contributed by atoms with Gasteiger partial charge < -0.3 is 9.88 Å². The minimum atomic E-state index is -0.149. The molecule has 5 heteroatoms. The van der Waals surface area contributed by atoms with Crippen molar-refractivity contribution in [2.75, 3.05) is 11.9 Å². The maximum Gasteiger partial charge on any atom is 0.293 e. The molecule has 0 bridgehead atoms. The van der Waals surface area contributed by atoms with E-state index in [4.69, 9.17) is 5.26 Å². The van der Waals surface area contributed by atoms with Crippen molar-refractivity contribution < 1.29 is 0 Å². The summed E-state index contributed by atoms with van der Waals surface area (Å²) in [5.74, 6) is 0.341. The van der Waals surface area contributed by atoms with E-state index in [0.717, 1.165) is 6.42 Å². The first kappa shape index (κ1) is 10.3. The lowest BCUT2D eigenvalue weighted by molar-refractivity contribution is 0.828. The van der Waals surface area contributed by atoms with Crippen molar-refractivity contribution in [3.63, 3.8) is 0 Å². The first-order chi connectivity index (χ1) is 6.75. The molecule has 0 saturated carbocycles. The quantitative estimate of drug-likeness (QED) is 0.705. The van der Waals surface area contributed by atoms with Crippen molar-refractivity contribution in [2.45, 2.75) is 12.8 Å². The molecule has 0 fully saturated rings. The molecule has 0 amide bonds. The van der Waals surface area contributed by atoms with Gasteiger partial charge in [0, 0.05) is 32.4 Å². The maximum atomic E-state index is 11.4. The van der Waals surface area contributed by atoms with E-state index in [-0.39, 0.29) is 5.56 Å². The van der Waals surface area contributed by atoms with Crippen LogP contribution >= 0.6 is 0 Å². The highest BCUT2D eigenvalue weighted by Crippen LogP contribution is 1.93. The van der Waals surface area contributed by atoms with Crippen LogP contribution in [0.15, 0.2) is 17.2 Å². The molecule has 14 heavy (non-hydrogen) atoms. The lowest BCUT2D eigenvalue weighted by atomic mass is 10.3. The highest BCUT2D eigenvalue weighted by atomic mass is 16.1. The second kappa shape index (κ2) is 5.02. The van der Waals surface area contributed by atoms with Crippen LogP contribution in [0.5, 0.6) is 0 Å². The zero-order valence-corrected chi connectivity index (χ0v) is 8.03. The van der Waals surface area contributed by atoms with Gasteiger partial charge in [-0.25, -0.2) is 4.98 Å². The predicted molar refractivity (Wildman–Crippen MR) is 52.8 cm³/mol. The predicted octanol–water partition coefficient (Wildman–Crippen LogP) is 0.496. The van der Waals surface area contributed by atoms with Gasteiger partial charge in [0.2, 0.25) is 0 Å². The van der Waals surface area contributed by atoms with Crippen LogP contribution < -0.4 is 10.9 Å². The SMILES string of the molecule is Cn1ccnc(NCCCC#N)c1=O. The van der Waals surface area contributed by atoms with Crippen LogP contribution in [0.3, 0.4) is 0 Å². The van der Waals surface area contributed by atoms with Crippen LogP contribution in [0, 0.1) is 11.3 Å². The van der Waals surface area contributed by atoms with E-state index in [2.05, 4.69) is 10.3 Å². The van der Waals surface area contributed by atoms with Crippen LogP contribution in [0.2, 0.25) is 0 Å². The van der Waals surface area contributed by atoms with Crippen molar-refractivity contribution in [2.24, 2.45) is 7.05 Å². The van der Waals surface area contributed by atoms with Gasteiger partial charge in [0.15, 0.2) is 5.82 Å². The molecule has 0 aromatic carbocycles. The fourth-order valence-corrected chi connectivity index (χ4v) is 0.993. The summed E-state index contributed by atoms with van der Waals surface area (Å²) < 4.78 is 1.46. The van der Waals surface area contributed by atoms with Crippen LogP contribution in [-0.4, -0.2) is 16.1 Å². The van der Waals surface area contributed by atoms with Gasteiger partial charge in [-0.05, 0) is 6.42 Å². The van der Waals surface area contributed by atoms with Crippen LogP contribution in [0.1, 0.15) is 12.8 Å². The molecule has 0 aliphatic carbocycles. The zero-order chi connectivity index (χ0) is 10.4. The summed E-state index contributed by atoms with van der Waals surface area (Å²) in [6, 6.07) is 2.04. The average molecular weight is 192 g/mol. The van der Waals surface area contributed by atoms with Gasteiger partial charge in [-0.2, -0.15) is 5.26 Å². The first-order valence-electron chi connectivity index (χ1n) is 4.38.